The lowest BCUT2D eigenvalue weighted by Gasteiger charge is -2.17. The van der Waals surface area contributed by atoms with Gasteiger partial charge in [0.25, 0.3) is 0 Å². The Morgan fingerprint density at radius 1 is 1.48 bits per heavy atom. The van der Waals surface area contributed by atoms with Gasteiger partial charge in [-0.2, -0.15) is 0 Å². The predicted octanol–water partition coefficient (Wildman–Crippen LogP) is 4.56. The Hall–Kier alpha value is -0.880. The van der Waals surface area contributed by atoms with Crippen LogP contribution in [0.15, 0.2) is 40.2 Å². The minimum atomic E-state index is -0.235. The van der Waals surface area contributed by atoms with Crippen LogP contribution in [0.25, 0.3) is 0 Å². The third-order valence-corrected chi connectivity index (χ3v) is 4.88. The lowest BCUT2D eigenvalue weighted by molar-refractivity contribution is -0.141. The molecule has 1 aromatic heterocycles. The predicted molar refractivity (Wildman–Crippen MR) is 89.7 cm³/mol. The van der Waals surface area contributed by atoms with E-state index >= 15 is 0 Å². The first-order valence-corrected chi connectivity index (χ1v) is 8.42. The summed E-state index contributed by atoms with van der Waals surface area (Å²) < 4.78 is 5.74. The van der Waals surface area contributed by atoms with Gasteiger partial charge in [0.2, 0.25) is 0 Å². The number of nitrogens with one attached hydrogen (secondary N) is 1. The van der Waals surface area contributed by atoms with E-state index in [0.29, 0.717) is 18.0 Å². The Bertz CT molecular complexity index is 604. The number of carbonyl (C=O) groups excluding carboxylic acids is 1. The number of hydrogen-bond donors (Lipinski definition) is 1. The maximum Gasteiger partial charge on any atom is 0.307 e. The molecule has 112 valence electrons. The second-order valence-electron chi connectivity index (χ2n) is 4.46. The van der Waals surface area contributed by atoms with Gasteiger partial charge in [-0.1, -0.05) is 33.6 Å². The van der Waals surface area contributed by atoms with Gasteiger partial charge in [0, 0.05) is 20.9 Å². The van der Waals surface area contributed by atoms with Gasteiger partial charge in [-0.15, -0.1) is 11.3 Å². The summed E-state index contributed by atoms with van der Waals surface area (Å²) in [4.78, 5) is 12.7. The van der Waals surface area contributed by atoms with E-state index in [0.717, 1.165) is 14.9 Å². The van der Waals surface area contributed by atoms with Gasteiger partial charge in [0.15, 0.2) is 0 Å². The van der Waals surface area contributed by atoms with E-state index in [-0.39, 0.29) is 12.0 Å². The van der Waals surface area contributed by atoms with Crippen molar-refractivity contribution < 1.29 is 9.53 Å². The van der Waals surface area contributed by atoms with Crippen LogP contribution in [0, 0.1) is 0 Å². The fraction of sp³-hybridized carbons (Fsp3) is 0.267. The van der Waals surface area contributed by atoms with Crippen LogP contribution < -0.4 is 5.32 Å². The average molecular weight is 389 g/mol. The monoisotopic (exact) mass is 387 g/mol. The van der Waals surface area contributed by atoms with Crippen molar-refractivity contribution in [2.24, 2.45) is 0 Å². The molecule has 0 fully saturated rings. The molecule has 0 amide bonds. The minimum absolute atomic E-state index is 0.0764. The molecule has 0 spiro atoms. The smallest absolute Gasteiger partial charge is 0.307 e. The van der Waals surface area contributed by atoms with E-state index < -0.39 is 0 Å². The molecule has 1 heterocycles. The summed E-state index contributed by atoms with van der Waals surface area (Å²) in [6.45, 7) is 0.581. The zero-order chi connectivity index (χ0) is 15.2. The lowest BCUT2D eigenvalue weighted by atomic mass is 10.1. The number of benzene rings is 1. The van der Waals surface area contributed by atoms with Gasteiger partial charge in [0.1, 0.15) is 0 Å². The van der Waals surface area contributed by atoms with Crippen LogP contribution in [0.4, 0.5) is 0 Å². The van der Waals surface area contributed by atoms with E-state index in [1.807, 2.05) is 35.7 Å². The average Bonchev–Trinajstić information content (AvgIpc) is 3.00. The Balaban J connectivity index is 2.08. The molecule has 1 aromatic carbocycles. The maximum absolute atomic E-state index is 11.6. The first-order chi connectivity index (χ1) is 10.1. The fourth-order valence-electron chi connectivity index (χ4n) is 1.92. The van der Waals surface area contributed by atoms with Crippen molar-refractivity contribution in [1.29, 1.82) is 0 Å². The second kappa shape index (κ2) is 7.94. The zero-order valence-corrected chi connectivity index (χ0v) is 14.6. The van der Waals surface area contributed by atoms with Crippen molar-refractivity contribution in [3.05, 3.63) is 55.6 Å². The molecular formula is C15H15BrClNO2S. The van der Waals surface area contributed by atoms with E-state index in [9.17, 15) is 4.79 Å². The summed E-state index contributed by atoms with van der Waals surface area (Å²) in [7, 11) is 1.40. The number of carbonyl (C=O) groups is 1. The van der Waals surface area contributed by atoms with E-state index in [1.54, 1.807) is 11.3 Å². The summed E-state index contributed by atoms with van der Waals surface area (Å²) >= 11 is 11.2. The van der Waals surface area contributed by atoms with Crippen molar-refractivity contribution in [1.82, 2.24) is 5.32 Å². The highest BCUT2D eigenvalue weighted by Gasteiger charge is 2.17. The van der Waals surface area contributed by atoms with Gasteiger partial charge in [-0.3, -0.25) is 4.79 Å². The molecule has 2 aromatic rings. The second-order valence-corrected chi connectivity index (χ2v) is 6.77. The zero-order valence-electron chi connectivity index (χ0n) is 11.4. The molecular weight excluding hydrogens is 374 g/mol. The third kappa shape index (κ3) is 4.81. The standard InChI is InChI=1S/C15H15BrClNO2S/c1-20-15(19)8-13(14-3-2-6-21-14)18-9-10-7-11(16)4-5-12(10)17/h2-7,13,18H,8-9H2,1H3. The molecule has 3 nitrogen and oxygen atoms in total. The first kappa shape index (κ1) is 16.5. The van der Waals surface area contributed by atoms with E-state index in [1.165, 1.54) is 7.11 Å². The largest absolute Gasteiger partial charge is 0.469 e. The molecule has 1 atom stereocenters. The normalized spacial score (nSPS) is 12.1. The number of methoxy groups -OCH3 is 1. The van der Waals surface area contributed by atoms with Crippen LogP contribution in [0.3, 0.4) is 0 Å². The highest BCUT2D eigenvalue weighted by atomic mass is 79.9. The van der Waals surface area contributed by atoms with Crippen LogP contribution in [0.5, 0.6) is 0 Å². The molecule has 2 rings (SSSR count). The highest BCUT2D eigenvalue weighted by molar-refractivity contribution is 9.10. The molecule has 0 saturated carbocycles. The molecule has 0 bridgehead atoms. The quantitative estimate of drug-likeness (QED) is 0.737. The Morgan fingerprint density at radius 3 is 2.95 bits per heavy atom. The topological polar surface area (TPSA) is 38.3 Å². The fourth-order valence-corrected chi connectivity index (χ4v) is 3.32. The number of thiophene rings is 1. The van der Waals surface area contributed by atoms with Crippen LogP contribution in [-0.4, -0.2) is 13.1 Å². The molecule has 1 unspecified atom stereocenters. The summed E-state index contributed by atoms with van der Waals surface area (Å²) in [5, 5.41) is 6.07. The van der Waals surface area contributed by atoms with Crippen molar-refractivity contribution in [3.63, 3.8) is 0 Å². The Labute approximate surface area is 141 Å². The summed E-state index contributed by atoms with van der Waals surface area (Å²) in [6.07, 6.45) is 0.294. The van der Waals surface area contributed by atoms with Gasteiger partial charge in [-0.05, 0) is 35.2 Å². The van der Waals surface area contributed by atoms with Crippen molar-refractivity contribution in [3.8, 4) is 0 Å². The summed E-state index contributed by atoms with van der Waals surface area (Å²) in [5.41, 5.74) is 0.984. The molecule has 21 heavy (non-hydrogen) atoms. The molecule has 0 aliphatic rings. The van der Waals surface area contributed by atoms with Crippen LogP contribution >= 0.6 is 38.9 Å². The van der Waals surface area contributed by atoms with Crippen LogP contribution in [0.2, 0.25) is 5.02 Å². The van der Waals surface area contributed by atoms with E-state index in [2.05, 4.69) is 21.2 Å². The number of hydrogen-bond acceptors (Lipinski definition) is 4. The number of halogens is 2. The molecule has 0 aliphatic heterocycles. The van der Waals surface area contributed by atoms with Gasteiger partial charge in [0.05, 0.1) is 19.6 Å². The van der Waals surface area contributed by atoms with Crippen molar-refractivity contribution in [2.75, 3.05) is 7.11 Å². The number of esters is 1. The molecule has 0 aliphatic carbocycles. The molecule has 1 N–H and O–H groups in total. The van der Waals surface area contributed by atoms with E-state index in [4.69, 9.17) is 16.3 Å². The van der Waals surface area contributed by atoms with Gasteiger partial charge >= 0.3 is 5.97 Å². The van der Waals surface area contributed by atoms with Gasteiger partial charge in [-0.25, -0.2) is 0 Å². The molecule has 6 heteroatoms. The summed E-state index contributed by atoms with van der Waals surface area (Å²) in [6, 6.07) is 9.62. The van der Waals surface area contributed by atoms with Gasteiger partial charge < -0.3 is 10.1 Å². The van der Waals surface area contributed by atoms with Crippen LogP contribution in [0.1, 0.15) is 22.9 Å². The number of rotatable bonds is 6. The van der Waals surface area contributed by atoms with Crippen molar-refractivity contribution in [2.45, 2.75) is 19.0 Å². The van der Waals surface area contributed by atoms with Crippen LogP contribution in [-0.2, 0) is 16.1 Å². The van der Waals surface area contributed by atoms with Crippen molar-refractivity contribution >= 4 is 44.8 Å². The SMILES string of the molecule is COC(=O)CC(NCc1cc(Br)ccc1Cl)c1cccs1. The Kier molecular flexibility index (Phi) is 6.23. The first-order valence-electron chi connectivity index (χ1n) is 6.37. The third-order valence-electron chi connectivity index (χ3n) is 3.03. The highest BCUT2D eigenvalue weighted by Crippen LogP contribution is 2.25. The minimum Gasteiger partial charge on any atom is -0.469 e. The lowest BCUT2D eigenvalue weighted by Crippen LogP contribution is -2.23. The maximum atomic E-state index is 11.6. The molecule has 0 saturated heterocycles. The summed E-state index contributed by atoms with van der Waals surface area (Å²) in [5.74, 6) is -0.235. The number of ether oxygens (including phenoxy) is 1. The Morgan fingerprint density at radius 2 is 2.29 bits per heavy atom. The molecule has 0 radical (unpaired) electrons.